The van der Waals surface area contributed by atoms with Crippen LogP contribution in [-0.4, -0.2) is 26.3 Å². The van der Waals surface area contributed by atoms with Gasteiger partial charge >= 0.3 is 0 Å². The summed E-state index contributed by atoms with van der Waals surface area (Å²) < 4.78 is 77.0. The standard InChI is InChI=1S/C78H52N4Si/c1-5-23-53(24-6-1)54-47-57(81-75-40-22-17-35-67(75)70-52-62(43-46-77(70)81)83(59-25-7-2-8-26-59,60-27-9-3-10-28-60)61-29-11-4-12-30-61)49-58(48-54)82-73-38-20-15-33-65(73)68-44-41-56(51-78(68)82)80-74-39-21-16-34-66(74)69-50-55(42-45-76(69)80)79-71-36-18-13-31-63(71)64-32-14-19-37-72(64)79/h1-52H/i15D,20D,33D,38D,41D,44D,51D. The molecule has 0 saturated carbocycles. The van der Waals surface area contributed by atoms with E-state index in [1.54, 1.807) is 4.57 Å². The molecule has 17 aromatic rings. The van der Waals surface area contributed by atoms with Crippen molar-refractivity contribution in [1.82, 2.24) is 18.3 Å². The van der Waals surface area contributed by atoms with Crippen molar-refractivity contribution in [1.29, 1.82) is 0 Å². The summed E-state index contributed by atoms with van der Waals surface area (Å²) in [6.45, 7) is 0. The summed E-state index contributed by atoms with van der Waals surface area (Å²) in [6, 6.07) is 93.4. The van der Waals surface area contributed by atoms with Crippen molar-refractivity contribution < 1.29 is 9.60 Å². The van der Waals surface area contributed by atoms with E-state index >= 15 is 0 Å². The second kappa shape index (κ2) is 18.7. The number of benzene rings is 13. The van der Waals surface area contributed by atoms with E-state index in [2.05, 4.69) is 228 Å². The molecule has 4 nitrogen and oxygen atoms in total. The van der Waals surface area contributed by atoms with Crippen LogP contribution >= 0.6 is 0 Å². The maximum Gasteiger partial charge on any atom is 0.179 e. The largest absolute Gasteiger partial charge is 0.309 e. The van der Waals surface area contributed by atoms with E-state index in [1.807, 2.05) is 59.2 Å². The highest BCUT2D eigenvalue weighted by atomic mass is 28.3. The van der Waals surface area contributed by atoms with E-state index in [4.69, 9.17) is 1.37 Å². The quantitative estimate of drug-likeness (QED) is 0.101. The smallest absolute Gasteiger partial charge is 0.179 e. The number of aromatic nitrogens is 4. The van der Waals surface area contributed by atoms with Gasteiger partial charge in [-0.05, 0) is 117 Å². The summed E-state index contributed by atoms with van der Waals surface area (Å²) in [5.74, 6) is 0. The van der Waals surface area contributed by atoms with Gasteiger partial charge in [-0.2, -0.15) is 0 Å². The topological polar surface area (TPSA) is 19.7 Å². The van der Waals surface area contributed by atoms with Crippen LogP contribution in [0.3, 0.4) is 0 Å². The molecule has 0 aliphatic rings. The van der Waals surface area contributed by atoms with Crippen LogP contribution in [0.15, 0.2) is 315 Å². The molecule has 0 N–H and O–H groups in total. The third kappa shape index (κ3) is 7.11. The molecule has 0 amide bonds. The fourth-order valence-corrected chi connectivity index (χ4v) is 18.4. The van der Waals surface area contributed by atoms with Crippen molar-refractivity contribution >= 4 is 116 Å². The molecule has 0 bridgehead atoms. The van der Waals surface area contributed by atoms with E-state index < -0.39 is 20.2 Å². The van der Waals surface area contributed by atoms with Crippen LogP contribution in [0, 0.1) is 0 Å². The third-order valence-corrected chi connectivity index (χ3v) is 21.9. The van der Waals surface area contributed by atoms with Crippen molar-refractivity contribution in [2.75, 3.05) is 0 Å². The van der Waals surface area contributed by atoms with E-state index in [9.17, 15) is 8.22 Å². The number of para-hydroxylation sites is 5. The van der Waals surface area contributed by atoms with Crippen molar-refractivity contribution in [2.24, 2.45) is 0 Å². The number of nitrogens with zero attached hydrogens (tertiary/aromatic N) is 4. The van der Waals surface area contributed by atoms with Crippen molar-refractivity contribution in [3.63, 3.8) is 0 Å². The minimum Gasteiger partial charge on any atom is -0.309 e. The number of fused-ring (bicyclic) bond motifs is 12. The Labute approximate surface area is 490 Å². The highest BCUT2D eigenvalue weighted by Gasteiger charge is 2.41. The Morgan fingerprint density at radius 1 is 0.229 bits per heavy atom. The van der Waals surface area contributed by atoms with Crippen molar-refractivity contribution in [2.45, 2.75) is 0 Å². The highest BCUT2D eigenvalue weighted by molar-refractivity contribution is 7.20. The van der Waals surface area contributed by atoms with Crippen LogP contribution in [0.5, 0.6) is 0 Å². The lowest BCUT2D eigenvalue weighted by atomic mass is 10.0. The van der Waals surface area contributed by atoms with E-state index in [1.165, 1.54) is 20.7 Å². The lowest BCUT2D eigenvalue weighted by Crippen LogP contribution is -2.74. The lowest BCUT2D eigenvalue weighted by Gasteiger charge is -2.34. The van der Waals surface area contributed by atoms with Crippen LogP contribution in [-0.2, 0) is 0 Å². The molecule has 0 aliphatic heterocycles. The van der Waals surface area contributed by atoms with E-state index in [0.29, 0.717) is 5.69 Å². The van der Waals surface area contributed by atoms with Gasteiger partial charge < -0.3 is 18.3 Å². The molecule has 0 saturated heterocycles. The highest BCUT2D eigenvalue weighted by Crippen LogP contribution is 2.41. The maximum atomic E-state index is 10.7. The van der Waals surface area contributed by atoms with E-state index in [-0.39, 0.29) is 57.7 Å². The minimum absolute atomic E-state index is 0.0755. The molecule has 17 rings (SSSR count). The molecular weight excluding hydrogens is 1020 g/mol. The maximum absolute atomic E-state index is 10.7. The van der Waals surface area contributed by atoms with Crippen molar-refractivity contribution in [3.8, 4) is 33.9 Å². The molecule has 5 heteroatoms. The molecule has 388 valence electrons. The number of hydrogen-bond acceptors (Lipinski definition) is 0. The molecule has 4 aromatic heterocycles. The van der Waals surface area contributed by atoms with Gasteiger partial charge in [0.05, 0.1) is 53.7 Å². The van der Waals surface area contributed by atoms with E-state index in [0.717, 1.165) is 87.9 Å². The Bertz CT molecular complexity index is 5670. The summed E-state index contributed by atoms with van der Waals surface area (Å²) >= 11 is 0. The zero-order valence-electron chi connectivity index (χ0n) is 51.8. The fourth-order valence-electron chi connectivity index (χ4n) is 13.6. The van der Waals surface area contributed by atoms with Gasteiger partial charge in [0.15, 0.2) is 8.07 Å². The van der Waals surface area contributed by atoms with Gasteiger partial charge in [-0.3, -0.25) is 0 Å². The first-order chi connectivity index (χ1) is 44.1. The monoisotopic (exact) mass is 1080 g/mol. The van der Waals surface area contributed by atoms with Gasteiger partial charge in [-0.1, -0.05) is 230 Å². The van der Waals surface area contributed by atoms with Gasteiger partial charge in [0.1, 0.15) is 0 Å². The molecule has 0 radical (unpaired) electrons. The Morgan fingerprint density at radius 2 is 0.639 bits per heavy atom. The van der Waals surface area contributed by atoms with Crippen LogP contribution in [0.2, 0.25) is 0 Å². The molecule has 0 fully saturated rings. The zero-order chi connectivity index (χ0) is 60.7. The first-order valence-electron chi connectivity index (χ1n) is 31.6. The van der Waals surface area contributed by atoms with Crippen LogP contribution in [0.25, 0.3) is 121 Å². The summed E-state index contributed by atoms with van der Waals surface area (Å²) in [5, 5.41) is 11.4. The molecule has 0 spiro atoms. The molecule has 83 heavy (non-hydrogen) atoms. The first-order valence-corrected chi connectivity index (χ1v) is 30.1. The summed E-state index contributed by atoms with van der Waals surface area (Å²) in [4.78, 5) is 0. The average Bonchev–Trinajstić information content (AvgIpc) is 1.64. The Hall–Kier alpha value is -10.7. The first kappa shape index (κ1) is 40.5. The SMILES string of the molecule is [2H]c1c([2H])c([2H])c2c(c1[2H])c1c([2H])c([2H])c(-n3c4ccccc4c4cc(-n5c6ccccc6c6ccccc65)ccc43)c([2H])c1n2-c1cc(-c2ccccc2)cc(-n2c3ccccc3c3cc([Si](c4ccccc4)(c4ccccc4)c4ccccc4)ccc32)c1. The van der Waals surface area contributed by atoms with Gasteiger partial charge in [0.2, 0.25) is 0 Å². The van der Waals surface area contributed by atoms with Gasteiger partial charge in [-0.25, -0.2) is 0 Å². The number of hydrogen-bond donors (Lipinski definition) is 0. The van der Waals surface area contributed by atoms with Gasteiger partial charge in [0.25, 0.3) is 0 Å². The van der Waals surface area contributed by atoms with Crippen LogP contribution in [0.4, 0.5) is 0 Å². The predicted octanol–water partition coefficient (Wildman–Crippen LogP) is 17.1. The fraction of sp³-hybridized carbons (Fsp3) is 0. The van der Waals surface area contributed by atoms with Crippen LogP contribution in [0.1, 0.15) is 9.60 Å². The molecular formula is C78H52N4Si. The second-order valence-corrected chi connectivity index (χ2v) is 25.3. The summed E-state index contributed by atoms with van der Waals surface area (Å²) in [6.07, 6.45) is 0. The zero-order valence-corrected chi connectivity index (χ0v) is 45.8. The van der Waals surface area contributed by atoms with Gasteiger partial charge in [0, 0.05) is 65.8 Å². The number of rotatable bonds is 9. The molecule has 0 aliphatic carbocycles. The molecule has 0 atom stereocenters. The van der Waals surface area contributed by atoms with Crippen LogP contribution < -0.4 is 20.7 Å². The Morgan fingerprint density at radius 3 is 1.19 bits per heavy atom. The van der Waals surface area contributed by atoms with Crippen molar-refractivity contribution in [3.05, 3.63) is 315 Å². The molecule has 4 heterocycles. The normalized spacial score (nSPS) is 13.3. The Balaban J connectivity index is 0.946. The molecule has 13 aromatic carbocycles. The summed E-state index contributed by atoms with van der Waals surface area (Å²) in [5.41, 5.74) is 9.92. The third-order valence-electron chi connectivity index (χ3n) is 17.1. The Kier molecular flexibility index (Phi) is 9.10. The predicted molar refractivity (Wildman–Crippen MR) is 353 cm³/mol. The molecule has 0 unspecified atom stereocenters. The minimum atomic E-state index is -2.97. The lowest BCUT2D eigenvalue weighted by molar-refractivity contribution is 1.13. The van der Waals surface area contributed by atoms with Gasteiger partial charge in [-0.15, -0.1) is 0 Å². The summed E-state index contributed by atoms with van der Waals surface area (Å²) in [7, 11) is -2.97. The average molecular weight is 1080 g/mol. The second-order valence-electron chi connectivity index (χ2n) is 21.5.